The van der Waals surface area contributed by atoms with Gasteiger partial charge in [0.1, 0.15) is 5.82 Å². The number of nitrogens with zero attached hydrogens (tertiary/aromatic N) is 1. The van der Waals surface area contributed by atoms with Crippen LogP contribution in [-0.2, 0) is 4.79 Å². The highest BCUT2D eigenvalue weighted by molar-refractivity contribution is 6.04. The highest BCUT2D eigenvalue weighted by Gasteiger charge is 2.39. The lowest BCUT2D eigenvalue weighted by molar-refractivity contribution is -0.117. The third-order valence-corrected chi connectivity index (χ3v) is 5.33. The average molecular weight is 348 g/mol. The number of carbonyl (C=O) groups is 2. The van der Waals surface area contributed by atoms with E-state index in [1.54, 1.807) is 7.05 Å². The first kappa shape index (κ1) is 17.9. The fourth-order valence-electron chi connectivity index (χ4n) is 3.63. The molecule has 3 rings (SSSR count). The number of amides is 2. The summed E-state index contributed by atoms with van der Waals surface area (Å²) in [5, 5.41) is 13.3. The van der Waals surface area contributed by atoms with Gasteiger partial charge in [-0.05, 0) is 43.4 Å². The van der Waals surface area contributed by atoms with Crippen molar-refractivity contribution >= 4 is 17.5 Å². The number of nitrogens with one attached hydrogen (secondary N) is 1. The zero-order chi connectivity index (χ0) is 18.2. The molecule has 0 saturated heterocycles. The van der Waals surface area contributed by atoms with E-state index in [0.717, 1.165) is 25.3 Å². The predicted molar refractivity (Wildman–Crippen MR) is 92.7 cm³/mol. The lowest BCUT2D eigenvalue weighted by Gasteiger charge is -2.29. The van der Waals surface area contributed by atoms with Gasteiger partial charge >= 0.3 is 0 Å². The summed E-state index contributed by atoms with van der Waals surface area (Å²) >= 11 is 0. The van der Waals surface area contributed by atoms with Crippen LogP contribution in [-0.4, -0.2) is 41.0 Å². The molecule has 0 aromatic heterocycles. The molecule has 0 spiro atoms. The summed E-state index contributed by atoms with van der Waals surface area (Å²) in [4.78, 5) is 26.4. The van der Waals surface area contributed by atoms with Crippen LogP contribution >= 0.6 is 0 Å². The Morgan fingerprint density at radius 2 is 2.00 bits per heavy atom. The lowest BCUT2D eigenvalue weighted by Crippen LogP contribution is -2.42. The van der Waals surface area contributed by atoms with Crippen LogP contribution in [0.25, 0.3) is 0 Å². The first-order chi connectivity index (χ1) is 11.8. The topological polar surface area (TPSA) is 69.6 Å². The first-order valence-electron chi connectivity index (χ1n) is 8.87. The standard InChI is InChI=1S/C19H25FN2O3/c1-12-9-14(12)17(23)21-16-6-5-13(20)10-15(16)18(24)22(2)11-19(25)7-3-4-8-19/h5-6,10,12,14,25H,3-4,7-9,11H2,1-2H3,(H,21,23). The van der Waals surface area contributed by atoms with E-state index in [-0.39, 0.29) is 23.9 Å². The smallest absolute Gasteiger partial charge is 0.255 e. The molecule has 6 heteroatoms. The SMILES string of the molecule is CC1CC1C(=O)Nc1ccc(F)cc1C(=O)N(C)CC1(O)CCCC1. The fourth-order valence-corrected chi connectivity index (χ4v) is 3.63. The maximum atomic E-state index is 13.7. The molecule has 0 radical (unpaired) electrons. The van der Waals surface area contributed by atoms with Crippen molar-refractivity contribution in [2.45, 2.75) is 44.6 Å². The average Bonchev–Trinajstić information content (AvgIpc) is 3.15. The van der Waals surface area contributed by atoms with Gasteiger partial charge in [0, 0.05) is 19.5 Å². The van der Waals surface area contributed by atoms with E-state index in [9.17, 15) is 19.1 Å². The highest BCUT2D eigenvalue weighted by Crippen LogP contribution is 2.38. The van der Waals surface area contributed by atoms with Crippen molar-refractivity contribution in [1.29, 1.82) is 0 Å². The molecule has 2 unspecified atom stereocenters. The maximum Gasteiger partial charge on any atom is 0.255 e. The third kappa shape index (κ3) is 4.00. The summed E-state index contributed by atoms with van der Waals surface area (Å²) in [5.74, 6) is -0.762. The van der Waals surface area contributed by atoms with Crippen LogP contribution in [0.15, 0.2) is 18.2 Å². The van der Waals surface area contributed by atoms with E-state index in [1.165, 1.54) is 17.0 Å². The van der Waals surface area contributed by atoms with E-state index in [1.807, 2.05) is 6.92 Å². The van der Waals surface area contributed by atoms with Gasteiger partial charge in [0.25, 0.3) is 5.91 Å². The van der Waals surface area contributed by atoms with Gasteiger partial charge in [0.2, 0.25) is 5.91 Å². The molecule has 2 aliphatic rings. The fraction of sp³-hybridized carbons (Fsp3) is 0.579. The van der Waals surface area contributed by atoms with Crippen molar-refractivity contribution in [1.82, 2.24) is 4.90 Å². The number of hydrogen-bond acceptors (Lipinski definition) is 3. The van der Waals surface area contributed by atoms with Crippen molar-refractivity contribution in [3.8, 4) is 0 Å². The second-order valence-electron chi connectivity index (χ2n) is 7.59. The molecule has 2 aliphatic carbocycles. The Morgan fingerprint density at radius 1 is 1.36 bits per heavy atom. The van der Waals surface area contributed by atoms with Gasteiger partial charge in [-0.15, -0.1) is 0 Å². The van der Waals surface area contributed by atoms with Crippen molar-refractivity contribution in [2.24, 2.45) is 11.8 Å². The van der Waals surface area contributed by atoms with Gasteiger partial charge in [0.15, 0.2) is 0 Å². The van der Waals surface area contributed by atoms with E-state index in [2.05, 4.69) is 5.32 Å². The quantitative estimate of drug-likeness (QED) is 0.860. The van der Waals surface area contributed by atoms with Crippen LogP contribution in [0.2, 0.25) is 0 Å². The summed E-state index contributed by atoms with van der Waals surface area (Å²) < 4.78 is 13.7. The Bertz CT molecular complexity index is 685. The molecule has 0 bridgehead atoms. The van der Waals surface area contributed by atoms with Gasteiger partial charge in [-0.1, -0.05) is 19.8 Å². The van der Waals surface area contributed by atoms with Crippen molar-refractivity contribution in [3.63, 3.8) is 0 Å². The van der Waals surface area contributed by atoms with E-state index >= 15 is 0 Å². The number of hydrogen-bond donors (Lipinski definition) is 2. The Labute approximate surface area is 147 Å². The molecule has 2 amide bonds. The number of aliphatic hydroxyl groups is 1. The molecule has 25 heavy (non-hydrogen) atoms. The van der Waals surface area contributed by atoms with Crippen LogP contribution in [0, 0.1) is 17.7 Å². The van der Waals surface area contributed by atoms with Crippen LogP contribution in [0.5, 0.6) is 0 Å². The Balaban J connectivity index is 1.76. The molecule has 2 atom stereocenters. The van der Waals surface area contributed by atoms with Crippen molar-refractivity contribution < 1.29 is 19.1 Å². The molecule has 5 nitrogen and oxygen atoms in total. The first-order valence-corrected chi connectivity index (χ1v) is 8.87. The molecule has 2 fully saturated rings. The summed E-state index contributed by atoms with van der Waals surface area (Å²) in [6, 6.07) is 3.79. The lowest BCUT2D eigenvalue weighted by atomic mass is 10.0. The van der Waals surface area contributed by atoms with Crippen molar-refractivity contribution in [3.05, 3.63) is 29.6 Å². The molecule has 0 heterocycles. The zero-order valence-electron chi connectivity index (χ0n) is 14.7. The molecule has 1 aromatic carbocycles. The molecule has 2 N–H and O–H groups in total. The summed E-state index contributed by atoms with van der Waals surface area (Å²) in [5.41, 5.74) is -0.434. The van der Waals surface area contributed by atoms with Crippen LogP contribution in [0.4, 0.5) is 10.1 Å². The Kier molecular flexibility index (Phi) is 4.82. The third-order valence-electron chi connectivity index (χ3n) is 5.33. The monoisotopic (exact) mass is 348 g/mol. The largest absolute Gasteiger partial charge is 0.388 e. The number of carbonyl (C=O) groups excluding carboxylic acids is 2. The van der Waals surface area contributed by atoms with Crippen molar-refractivity contribution in [2.75, 3.05) is 18.9 Å². The summed E-state index contributed by atoms with van der Waals surface area (Å²) in [6.07, 6.45) is 4.05. The highest BCUT2D eigenvalue weighted by atomic mass is 19.1. The molecule has 1 aromatic rings. The normalized spacial score (nSPS) is 24.0. The van der Waals surface area contributed by atoms with E-state index in [4.69, 9.17) is 0 Å². The number of rotatable bonds is 5. The number of likely N-dealkylation sites (N-methyl/N-ethyl adjacent to an activating group) is 1. The second kappa shape index (κ2) is 6.75. The van der Waals surface area contributed by atoms with Crippen LogP contribution < -0.4 is 5.32 Å². The number of anilines is 1. The minimum absolute atomic E-state index is 0.0371. The minimum Gasteiger partial charge on any atom is -0.388 e. The second-order valence-corrected chi connectivity index (χ2v) is 7.59. The van der Waals surface area contributed by atoms with Crippen LogP contribution in [0.3, 0.4) is 0 Å². The van der Waals surface area contributed by atoms with Crippen LogP contribution in [0.1, 0.15) is 49.4 Å². The van der Waals surface area contributed by atoms with E-state index < -0.39 is 17.3 Å². The minimum atomic E-state index is -0.870. The molecule has 136 valence electrons. The summed E-state index contributed by atoms with van der Waals surface area (Å²) in [6.45, 7) is 2.20. The summed E-state index contributed by atoms with van der Waals surface area (Å²) in [7, 11) is 1.60. The van der Waals surface area contributed by atoms with E-state index in [0.29, 0.717) is 24.4 Å². The molecule has 2 saturated carbocycles. The molecule has 0 aliphatic heterocycles. The molecular weight excluding hydrogens is 323 g/mol. The predicted octanol–water partition coefficient (Wildman–Crippen LogP) is 2.80. The molecular formula is C19H25FN2O3. The van der Waals surface area contributed by atoms with Gasteiger partial charge in [-0.3, -0.25) is 9.59 Å². The van der Waals surface area contributed by atoms with Gasteiger partial charge < -0.3 is 15.3 Å². The number of benzene rings is 1. The number of halogens is 1. The van der Waals surface area contributed by atoms with Gasteiger partial charge in [-0.2, -0.15) is 0 Å². The van der Waals surface area contributed by atoms with Gasteiger partial charge in [0.05, 0.1) is 16.9 Å². The maximum absolute atomic E-state index is 13.7. The van der Waals surface area contributed by atoms with Gasteiger partial charge in [-0.25, -0.2) is 4.39 Å². The Morgan fingerprint density at radius 3 is 2.60 bits per heavy atom. The Hall–Kier alpha value is -1.95. The zero-order valence-corrected chi connectivity index (χ0v) is 14.7.